The maximum absolute atomic E-state index is 14.0. The quantitative estimate of drug-likeness (QED) is 0.0941. The maximum atomic E-state index is 14.0. The largest absolute Gasteiger partial charge is 0.478 e. The monoisotopic (exact) mass is 944 g/mol. The van der Waals surface area contributed by atoms with E-state index in [1.807, 2.05) is 24.3 Å². The van der Waals surface area contributed by atoms with Crippen molar-refractivity contribution in [3.8, 4) is 17.1 Å². The van der Waals surface area contributed by atoms with Gasteiger partial charge in [0.1, 0.15) is 22.9 Å². The summed E-state index contributed by atoms with van der Waals surface area (Å²) in [7, 11) is 1.50. The number of aromatic nitrogens is 6. The van der Waals surface area contributed by atoms with Crippen LogP contribution in [0.5, 0.6) is 5.88 Å². The molecule has 10 rings (SSSR count). The average molecular weight is 945 g/mol. The Morgan fingerprint density at radius 3 is 2.57 bits per heavy atom. The standard InChI is InChI=1S/C50H55F3N12O4/c1-6-43(67)58-37-22-32(7-8-39(37)63-16-15-62(27-29(63)2)33-10-13-61(14-11-33)34-19-30-21-42(50(51,52)53)60-44(30)55-25-34)57-45-47(69-5)56-26-38(59-45)35-9-12-54-46(36(35)28-66)65-18-17-64-40(48(65)68)20-31-23-49(3,4)24-41(31)64/h6-9,12,19-22,25-26,29,33,66H,1,10-11,13-18,23-24,27-28H2,2-5H3,(H,55,60)(H,57,59)(H,58,67). The highest BCUT2D eigenvalue weighted by Gasteiger charge is 2.38. The molecule has 4 N–H and O–H groups in total. The van der Waals surface area contributed by atoms with Crippen molar-refractivity contribution in [1.29, 1.82) is 0 Å². The van der Waals surface area contributed by atoms with Crippen molar-refractivity contribution in [3.05, 3.63) is 102 Å². The second-order valence-electron chi connectivity index (χ2n) is 19.2. The van der Waals surface area contributed by atoms with E-state index in [2.05, 4.69) is 77.2 Å². The summed E-state index contributed by atoms with van der Waals surface area (Å²) in [5, 5.41) is 17.6. The first kappa shape index (κ1) is 45.8. The van der Waals surface area contributed by atoms with E-state index in [0.717, 1.165) is 69.3 Å². The molecule has 360 valence electrons. The van der Waals surface area contributed by atoms with E-state index >= 15 is 0 Å². The second-order valence-corrected chi connectivity index (χ2v) is 19.2. The number of carbonyl (C=O) groups excluding carboxylic acids is 2. The number of H-pyrrole nitrogens is 1. The van der Waals surface area contributed by atoms with Crippen molar-refractivity contribution >= 4 is 57.2 Å². The van der Waals surface area contributed by atoms with E-state index in [-0.39, 0.29) is 34.8 Å². The molecule has 3 aliphatic heterocycles. The molecule has 6 aromatic rings. The van der Waals surface area contributed by atoms with Crippen LogP contribution in [0, 0.1) is 5.41 Å². The van der Waals surface area contributed by atoms with E-state index in [1.165, 1.54) is 24.4 Å². The van der Waals surface area contributed by atoms with Gasteiger partial charge in [0.2, 0.25) is 5.91 Å². The lowest BCUT2D eigenvalue weighted by molar-refractivity contribution is -0.140. The molecule has 8 heterocycles. The number of aromatic amines is 1. The van der Waals surface area contributed by atoms with Gasteiger partial charge < -0.3 is 39.8 Å². The molecule has 1 aliphatic carbocycles. The van der Waals surface area contributed by atoms with E-state index in [0.29, 0.717) is 76.6 Å². The van der Waals surface area contributed by atoms with Crippen LogP contribution in [0.3, 0.4) is 0 Å². The Balaban J connectivity index is 0.840. The summed E-state index contributed by atoms with van der Waals surface area (Å²) in [5.41, 5.74) is 6.91. The lowest BCUT2D eigenvalue weighted by Crippen LogP contribution is -2.57. The molecule has 0 saturated carbocycles. The summed E-state index contributed by atoms with van der Waals surface area (Å²) >= 11 is 0. The number of hydrogen-bond acceptors (Lipinski definition) is 12. The molecule has 2 saturated heterocycles. The first-order valence-electron chi connectivity index (χ1n) is 23.3. The Labute approximate surface area is 397 Å². The number of hydrogen-bond donors (Lipinski definition) is 4. The topological polar surface area (TPSA) is 173 Å². The van der Waals surface area contributed by atoms with Gasteiger partial charge in [-0.15, -0.1) is 0 Å². The van der Waals surface area contributed by atoms with Gasteiger partial charge in [0.25, 0.3) is 11.8 Å². The number of ether oxygens (including phenoxy) is 1. The number of piperazine rings is 1. The molecular formula is C50H55F3N12O4. The molecule has 0 radical (unpaired) electrons. The predicted octanol–water partition coefficient (Wildman–Crippen LogP) is 7.57. The molecule has 5 aromatic heterocycles. The Kier molecular flexibility index (Phi) is 11.8. The molecule has 69 heavy (non-hydrogen) atoms. The Morgan fingerprint density at radius 2 is 1.83 bits per heavy atom. The zero-order chi connectivity index (χ0) is 48.4. The lowest BCUT2D eigenvalue weighted by atomic mass is 9.90. The van der Waals surface area contributed by atoms with E-state index in [1.54, 1.807) is 35.6 Å². The van der Waals surface area contributed by atoms with Crippen molar-refractivity contribution in [2.45, 2.75) is 77.9 Å². The number of piperidine rings is 1. The highest BCUT2D eigenvalue weighted by Crippen LogP contribution is 2.41. The van der Waals surface area contributed by atoms with Crippen LogP contribution in [0.1, 0.15) is 66.6 Å². The SMILES string of the molecule is C=CC(=O)Nc1cc(Nc2nc(-c3ccnc(N4CCn5c(cc6c5CC(C)(C)C6)C4=O)c3CO)cnc2OC)ccc1N1CCN(C2CCN(c3cnc4[nH]c(C(F)(F)F)cc4c3)CC2)CC1C. The van der Waals surface area contributed by atoms with E-state index in [4.69, 9.17) is 9.72 Å². The minimum Gasteiger partial charge on any atom is -0.478 e. The number of benzene rings is 1. The van der Waals surface area contributed by atoms with Crippen LogP contribution in [0.25, 0.3) is 22.3 Å². The summed E-state index contributed by atoms with van der Waals surface area (Å²) in [6, 6.07) is 12.8. The van der Waals surface area contributed by atoms with E-state index in [9.17, 15) is 27.9 Å². The van der Waals surface area contributed by atoms with Gasteiger partial charge in [-0.1, -0.05) is 20.4 Å². The number of methoxy groups -OCH3 is 1. The summed E-state index contributed by atoms with van der Waals surface area (Å²) in [6.45, 7) is 14.8. The number of anilines is 6. The van der Waals surface area contributed by atoms with Crippen molar-refractivity contribution in [3.63, 3.8) is 0 Å². The van der Waals surface area contributed by atoms with Gasteiger partial charge >= 0.3 is 6.18 Å². The fourth-order valence-corrected chi connectivity index (χ4v) is 10.7. The van der Waals surface area contributed by atoms with Crippen molar-refractivity contribution in [2.75, 3.05) is 71.7 Å². The number of fused-ring (bicyclic) bond motifs is 4. The molecule has 1 atom stereocenters. The smallest absolute Gasteiger partial charge is 0.431 e. The maximum Gasteiger partial charge on any atom is 0.431 e. The molecule has 4 aliphatic rings. The molecule has 0 bridgehead atoms. The van der Waals surface area contributed by atoms with E-state index < -0.39 is 18.5 Å². The van der Waals surface area contributed by atoms with Crippen molar-refractivity contribution in [2.24, 2.45) is 5.41 Å². The van der Waals surface area contributed by atoms with Crippen LogP contribution >= 0.6 is 0 Å². The molecule has 1 unspecified atom stereocenters. The van der Waals surface area contributed by atoms with Gasteiger partial charge in [0.05, 0.1) is 48.9 Å². The van der Waals surface area contributed by atoms with Gasteiger partial charge in [-0.3, -0.25) is 19.4 Å². The highest BCUT2D eigenvalue weighted by molar-refractivity contribution is 6.06. The zero-order valence-corrected chi connectivity index (χ0v) is 39.0. The summed E-state index contributed by atoms with van der Waals surface area (Å²) in [4.78, 5) is 56.3. The minimum atomic E-state index is -4.46. The summed E-state index contributed by atoms with van der Waals surface area (Å²) in [5.74, 6) is 0.355. The number of aliphatic hydroxyl groups is 1. The first-order valence-corrected chi connectivity index (χ1v) is 23.3. The molecule has 2 amide bonds. The molecule has 1 aromatic carbocycles. The number of aliphatic hydroxyl groups excluding tert-OH is 1. The van der Waals surface area contributed by atoms with Crippen LogP contribution in [-0.4, -0.2) is 110 Å². The minimum absolute atomic E-state index is 0.0884. The lowest BCUT2D eigenvalue weighted by Gasteiger charge is -2.47. The third kappa shape index (κ3) is 8.73. The zero-order valence-electron chi connectivity index (χ0n) is 39.0. The fourth-order valence-electron chi connectivity index (χ4n) is 10.7. The number of nitrogens with zero attached hydrogens (tertiary/aromatic N) is 9. The number of rotatable bonds is 11. The molecule has 2 fully saturated rings. The van der Waals surface area contributed by atoms with Crippen LogP contribution < -0.4 is 30.1 Å². The number of halogens is 3. The second kappa shape index (κ2) is 17.8. The van der Waals surface area contributed by atoms with Crippen LogP contribution in [0.2, 0.25) is 0 Å². The third-order valence-electron chi connectivity index (χ3n) is 14.1. The number of carbonyl (C=O) groups is 2. The molecule has 19 heteroatoms. The first-order chi connectivity index (χ1) is 33.1. The fraction of sp³-hybridized carbons (Fsp3) is 0.400. The molecule has 16 nitrogen and oxygen atoms in total. The van der Waals surface area contributed by atoms with Gasteiger partial charge in [-0.2, -0.15) is 13.2 Å². The van der Waals surface area contributed by atoms with Crippen molar-refractivity contribution in [1.82, 2.24) is 34.4 Å². The molecule has 0 spiro atoms. The average Bonchev–Trinajstić information content (AvgIpc) is 4.02. The summed E-state index contributed by atoms with van der Waals surface area (Å²) in [6.07, 6.45) is 5.21. The van der Waals surface area contributed by atoms with Crippen molar-refractivity contribution < 1.29 is 32.6 Å². The Morgan fingerprint density at radius 1 is 1.01 bits per heavy atom. The van der Waals surface area contributed by atoms with Crippen LogP contribution in [0.4, 0.5) is 47.6 Å². The summed E-state index contributed by atoms with van der Waals surface area (Å²) < 4.78 is 47.7. The number of amides is 2. The van der Waals surface area contributed by atoms with Gasteiger partial charge in [0.15, 0.2) is 5.82 Å². The van der Waals surface area contributed by atoms with Gasteiger partial charge in [-0.25, -0.2) is 19.9 Å². The normalized spacial score (nSPS) is 18.6. The predicted molar refractivity (Wildman–Crippen MR) is 258 cm³/mol. The third-order valence-corrected chi connectivity index (χ3v) is 14.1. The number of nitrogens with one attached hydrogen (secondary N) is 3. The molecular weight excluding hydrogens is 890 g/mol. The van der Waals surface area contributed by atoms with Gasteiger partial charge in [-0.05, 0) is 92.1 Å². The Bertz CT molecular complexity index is 2980. The van der Waals surface area contributed by atoms with Crippen LogP contribution in [0.15, 0.2) is 73.7 Å². The van der Waals surface area contributed by atoms with Gasteiger partial charge in [0, 0.05) is 92.0 Å². The number of alkyl halides is 3. The highest BCUT2D eigenvalue weighted by atomic mass is 19.4. The number of pyridine rings is 2. The Hall–Kier alpha value is -6.99. The van der Waals surface area contributed by atoms with Crippen LogP contribution in [-0.2, 0) is 37.0 Å².